The Kier molecular flexibility index (Phi) is 4.73. The van der Waals surface area contributed by atoms with Crippen molar-refractivity contribution in [3.05, 3.63) is 0 Å². The SMILES string of the molecule is CC(N(C)C1(CN)CCSCC1)C(C)(C)C. The van der Waals surface area contributed by atoms with E-state index in [1.807, 2.05) is 0 Å². The third-order valence-electron chi connectivity index (χ3n) is 4.39. The van der Waals surface area contributed by atoms with Crippen molar-refractivity contribution in [3.63, 3.8) is 0 Å². The predicted molar refractivity (Wildman–Crippen MR) is 75.0 cm³/mol. The van der Waals surface area contributed by atoms with Crippen LogP contribution in [0.5, 0.6) is 0 Å². The van der Waals surface area contributed by atoms with Crippen molar-refractivity contribution < 1.29 is 0 Å². The van der Waals surface area contributed by atoms with Gasteiger partial charge in [0.2, 0.25) is 0 Å². The van der Waals surface area contributed by atoms with Gasteiger partial charge in [-0.2, -0.15) is 11.8 Å². The summed E-state index contributed by atoms with van der Waals surface area (Å²) in [6.07, 6.45) is 2.48. The molecule has 0 aromatic carbocycles. The Bertz CT molecular complexity index is 216. The molecule has 16 heavy (non-hydrogen) atoms. The molecule has 2 nitrogen and oxygen atoms in total. The molecule has 1 aliphatic heterocycles. The summed E-state index contributed by atoms with van der Waals surface area (Å²) in [7, 11) is 2.26. The predicted octanol–water partition coefficient (Wildman–Crippen LogP) is 2.58. The molecule has 0 bridgehead atoms. The number of hydrogen-bond donors (Lipinski definition) is 1. The summed E-state index contributed by atoms with van der Waals surface area (Å²) < 4.78 is 0. The summed E-state index contributed by atoms with van der Waals surface area (Å²) in [5, 5.41) is 0. The average Bonchev–Trinajstić information content (AvgIpc) is 2.26. The molecule has 1 aliphatic rings. The van der Waals surface area contributed by atoms with Crippen LogP contribution in [0, 0.1) is 5.41 Å². The molecule has 0 aromatic heterocycles. The second-order valence-corrected chi connectivity index (χ2v) is 7.42. The quantitative estimate of drug-likeness (QED) is 0.827. The first-order valence-corrected chi connectivity index (χ1v) is 7.50. The minimum absolute atomic E-state index is 0.248. The van der Waals surface area contributed by atoms with E-state index in [1.54, 1.807) is 0 Å². The Morgan fingerprint density at radius 3 is 2.19 bits per heavy atom. The fourth-order valence-corrected chi connectivity index (χ4v) is 3.70. The van der Waals surface area contributed by atoms with E-state index in [2.05, 4.69) is 51.4 Å². The van der Waals surface area contributed by atoms with Crippen LogP contribution in [0.25, 0.3) is 0 Å². The van der Waals surface area contributed by atoms with Crippen LogP contribution in [-0.2, 0) is 0 Å². The van der Waals surface area contributed by atoms with Crippen LogP contribution in [0.4, 0.5) is 0 Å². The van der Waals surface area contributed by atoms with Crippen molar-refractivity contribution in [2.75, 3.05) is 25.1 Å². The summed E-state index contributed by atoms with van der Waals surface area (Å²) in [4.78, 5) is 2.55. The van der Waals surface area contributed by atoms with Gasteiger partial charge in [0.15, 0.2) is 0 Å². The molecule has 0 aliphatic carbocycles. The molecule has 2 N–H and O–H groups in total. The molecule has 96 valence electrons. The third kappa shape index (κ3) is 2.93. The van der Waals surface area contributed by atoms with Gasteiger partial charge in [0.25, 0.3) is 0 Å². The molecule has 0 amide bonds. The van der Waals surface area contributed by atoms with Crippen molar-refractivity contribution in [2.45, 2.75) is 52.1 Å². The summed E-state index contributed by atoms with van der Waals surface area (Å²) in [6, 6.07) is 0.569. The van der Waals surface area contributed by atoms with Crippen LogP contribution >= 0.6 is 11.8 Å². The van der Waals surface area contributed by atoms with E-state index in [0.717, 1.165) is 6.54 Å². The molecule has 1 unspecified atom stereocenters. The average molecular weight is 244 g/mol. The Balaban J connectivity index is 2.79. The summed E-state index contributed by atoms with van der Waals surface area (Å²) in [5.41, 5.74) is 6.64. The highest BCUT2D eigenvalue weighted by molar-refractivity contribution is 7.99. The van der Waals surface area contributed by atoms with Gasteiger partial charge in [-0.05, 0) is 43.7 Å². The van der Waals surface area contributed by atoms with Crippen LogP contribution in [-0.4, -0.2) is 41.6 Å². The van der Waals surface area contributed by atoms with Crippen molar-refractivity contribution in [3.8, 4) is 0 Å². The van der Waals surface area contributed by atoms with Gasteiger partial charge in [0.05, 0.1) is 0 Å². The van der Waals surface area contributed by atoms with Crippen LogP contribution in [0.2, 0.25) is 0 Å². The molecular weight excluding hydrogens is 216 g/mol. The van der Waals surface area contributed by atoms with Gasteiger partial charge in [-0.25, -0.2) is 0 Å². The monoisotopic (exact) mass is 244 g/mol. The lowest BCUT2D eigenvalue weighted by atomic mass is 9.81. The van der Waals surface area contributed by atoms with Crippen LogP contribution in [0.1, 0.15) is 40.5 Å². The highest BCUT2D eigenvalue weighted by atomic mass is 32.2. The minimum atomic E-state index is 0.248. The number of nitrogens with two attached hydrogens (primary N) is 1. The Morgan fingerprint density at radius 1 is 1.31 bits per heavy atom. The van der Waals surface area contributed by atoms with Crippen molar-refractivity contribution >= 4 is 11.8 Å². The van der Waals surface area contributed by atoms with E-state index < -0.39 is 0 Å². The smallest absolute Gasteiger partial charge is 0.0347 e. The fraction of sp³-hybridized carbons (Fsp3) is 1.00. The maximum Gasteiger partial charge on any atom is 0.0347 e. The zero-order valence-corrected chi connectivity index (χ0v) is 12.4. The number of hydrogen-bond acceptors (Lipinski definition) is 3. The Hall–Kier alpha value is 0.270. The lowest BCUT2D eigenvalue weighted by molar-refractivity contribution is 0.0258. The lowest BCUT2D eigenvalue weighted by Gasteiger charge is -2.50. The third-order valence-corrected chi connectivity index (χ3v) is 5.37. The van der Waals surface area contributed by atoms with Crippen LogP contribution < -0.4 is 5.73 Å². The zero-order valence-electron chi connectivity index (χ0n) is 11.5. The molecule has 0 aromatic rings. The van der Waals surface area contributed by atoms with Gasteiger partial charge >= 0.3 is 0 Å². The van der Waals surface area contributed by atoms with Crippen molar-refractivity contribution in [1.82, 2.24) is 4.90 Å². The first kappa shape index (κ1) is 14.3. The Labute approximate surface area is 105 Å². The molecule has 1 saturated heterocycles. The fourth-order valence-electron chi connectivity index (χ4n) is 2.44. The second kappa shape index (κ2) is 5.28. The maximum atomic E-state index is 6.07. The Morgan fingerprint density at radius 2 is 1.81 bits per heavy atom. The van der Waals surface area contributed by atoms with E-state index in [1.165, 1.54) is 24.3 Å². The molecule has 1 rings (SSSR count). The number of likely N-dealkylation sites (N-methyl/N-ethyl adjacent to an activating group) is 1. The van der Waals surface area contributed by atoms with Crippen LogP contribution in [0.15, 0.2) is 0 Å². The first-order valence-electron chi connectivity index (χ1n) is 6.34. The molecule has 1 atom stereocenters. The molecule has 0 spiro atoms. The minimum Gasteiger partial charge on any atom is -0.329 e. The van der Waals surface area contributed by atoms with Gasteiger partial charge < -0.3 is 5.73 Å². The van der Waals surface area contributed by atoms with Crippen molar-refractivity contribution in [2.24, 2.45) is 11.1 Å². The summed E-state index contributed by atoms with van der Waals surface area (Å²) in [5.74, 6) is 2.52. The summed E-state index contributed by atoms with van der Waals surface area (Å²) in [6.45, 7) is 10.1. The highest BCUT2D eigenvalue weighted by Gasteiger charge is 2.39. The first-order chi connectivity index (χ1) is 7.33. The number of nitrogens with zero attached hydrogens (tertiary/aromatic N) is 1. The van der Waals surface area contributed by atoms with Gasteiger partial charge in [0, 0.05) is 18.1 Å². The molecule has 3 heteroatoms. The number of rotatable bonds is 3. The maximum absolute atomic E-state index is 6.07. The van der Waals surface area contributed by atoms with Crippen molar-refractivity contribution in [1.29, 1.82) is 0 Å². The number of thioether (sulfide) groups is 1. The van der Waals surface area contributed by atoms with Gasteiger partial charge in [-0.15, -0.1) is 0 Å². The van der Waals surface area contributed by atoms with E-state index >= 15 is 0 Å². The second-order valence-electron chi connectivity index (χ2n) is 6.19. The van der Waals surface area contributed by atoms with E-state index in [4.69, 9.17) is 5.73 Å². The molecule has 1 heterocycles. The van der Waals surface area contributed by atoms with Gasteiger partial charge in [-0.3, -0.25) is 4.90 Å². The molecule has 0 radical (unpaired) electrons. The standard InChI is InChI=1S/C13H28N2S/c1-11(12(2,3)4)15(5)13(10-14)6-8-16-9-7-13/h11H,6-10,14H2,1-5H3. The normalized spacial score (nSPS) is 23.4. The van der Waals surface area contributed by atoms with E-state index in [0.29, 0.717) is 11.5 Å². The largest absolute Gasteiger partial charge is 0.329 e. The molecule has 0 saturated carbocycles. The topological polar surface area (TPSA) is 29.3 Å². The molecule has 1 fully saturated rings. The summed E-state index contributed by atoms with van der Waals surface area (Å²) >= 11 is 2.07. The van der Waals surface area contributed by atoms with E-state index in [-0.39, 0.29) is 5.54 Å². The zero-order chi connectivity index (χ0) is 12.4. The highest BCUT2D eigenvalue weighted by Crippen LogP contribution is 2.35. The lowest BCUT2D eigenvalue weighted by Crippen LogP contribution is -2.59. The van der Waals surface area contributed by atoms with E-state index in [9.17, 15) is 0 Å². The van der Waals surface area contributed by atoms with Gasteiger partial charge in [0.1, 0.15) is 0 Å². The van der Waals surface area contributed by atoms with Crippen LogP contribution in [0.3, 0.4) is 0 Å². The van der Waals surface area contributed by atoms with Gasteiger partial charge in [-0.1, -0.05) is 20.8 Å². The molecular formula is C13H28N2S.